The fraction of sp³-hybridized carbons (Fsp3) is 0.231. The van der Waals surface area contributed by atoms with Crippen LogP contribution in [0.15, 0.2) is 63.2 Å². The first-order valence-corrected chi connectivity index (χ1v) is 16.0. The predicted octanol–water partition coefficient (Wildman–Crippen LogP) is 1.96. The highest BCUT2D eigenvalue weighted by Crippen LogP contribution is 2.44. The molecule has 0 radical (unpaired) electrons. The van der Waals surface area contributed by atoms with Gasteiger partial charge in [-0.15, -0.1) is 0 Å². The maximum atomic E-state index is 13.6. The minimum absolute atomic E-state index is 0.0108. The zero-order valence-electron chi connectivity index (χ0n) is 22.0. The summed E-state index contributed by atoms with van der Waals surface area (Å²) in [4.78, 5) is 22.5. The molecule has 42 heavy (non-hydrogen) atoms. The third kappa shape index (κ3) is 6.14. The molecule has 0 aliphatic rings. The number of rotatable bonds is 13. The number of nitrogen functional groups attached to an aromatic ring is 1. The number of sulfonamides is 1. The van der Waals surface area contributed by atoms with Crippen molar-refractivity contribution in [2.24, 2.45) is 0 Å². The SMILES string of the molecule is C=C(C)C(=O)NCCCCC(NS(=O)(=O)c1cc(N)c2ccc3c(S(=O)(=O)[O-])cc(SO[O-])c4ccc1c2c43)C(=O)O. The first-order valence-electron chi connectivity index (χ1n) is 12.3. The Morgan fingerprint density at radius 2 is 1.62 bits per heavy atom. The number of aliphatic carboxylic acids is 1. The van der Waals surface area contributed by atoms with E-state index in [4.69, 9.17) is 5.73 Å². The number of hydrogen-bond acceptors (Lipinski definition) is 11. The molecule has 0 aromatic heterocycles. The Hall–Kier alpha value is -3.51. The highest BCUT2D eigenvalue weighted by atomic mass is 32.2. The second kappa shape index (κ2) is 12.0. The standard InChI is InChI=1S/C26H27N3O10S3/c1-13(2)25(30)28-10-4-3-5-19(26(31)32)29-41(34,35)21-11-18(27)14-6-8-17-22(42(36,37)38)12-20(40-39-33)15-7-9-16(21)23(14)24(15)17/h6-9,11-12,19,29,33H,1,3-5,10,27H2,2H3,(H,28,30)(H,31,32)(H,36,37,38)/p-2. The van der Waals surface area contributed by atoms with E-state index in [-0.39, 0.29) is 74.4 Å². The van der Waals surface area contributed by atoms with Crippen LogP contribution in [0.5, 0.6) is 0 Å². The van der Waals surface area contributed by atoms with E-state index in [1.165, 1.54) is 24.3 Å². The molecular formula is C26H25N3O10S3-2. The molecule has 0 heterocycles. The van der Waals surface area contributed by atoms with Crippen LogP contribution < -0.4 is 21.0 Å². The highest BCUT2D eigenvalue weighted by molar-refractivity contribution is 7.94. The number of carboxylic acids is 1. The lowest BCUT2D eigenvalue weighted by atomic mass is 9.93. The molecule has 0 aliphatic heterocycles. The van der Waals surface area contributed by atoms with Crippen molar-refractivity contribution in [1.29, 1.82) is 0 Å². The smallest absolute Gasteiger partial charge is 0.321 e. The number of anilines is 1. The minimum atomic E-state index is -5.04. The lowest BCUT2D eigenvalue weighted by Crippen LogP contribution is -2.40. The summed E-state index contributed by atoms with van der Waals surface area (Å²) >= 11 is 0.284. The van der Waals surface area contributed by atoms with Gasteiger partial charge in [0.15, 0.2) is 0 Å². The zero-order chi connectivity index (χ0) is 31.0. The molecule has 4 rings (SSSR count). The normalized spacial score (nSPS) is 13.1. The number of carbonyl (C=O) groups is 2. The second-order valence-corrected chi connectivity index (χ2v) is 13.3. The number of nitrogens with one attached hydrogen (secondary N) is 2. The van der Waals surface area contributed by atoms with Crippen molar-refractivity contribution in [3.63, 3.8) is 0 Å². The molecule has 4 aromatic carbocycles. The van der Waals surface area contributed by atoms with Crippen molar-refractivity contribution in [2.45, 2.75) is 46.9 Å². The van der Waals surface area contributed by atoms with Crippen molar-refractivity contribution in [3.05, 3.63) is 48.6 Å². The van der Waals surface area contributed by atoms with Gasteiger partial charge in [0.1, 0.15) is 16.2 Å². The molecule has 13 nitrogen and oxygen atoms in total. The van der Waals surface area contributed by atoms with Gasteiger partial charge in [-0.25, -0.2) is 16.8 Å². The van der Waals surface area contributed by atoms with E-state index < -0.39 is 37.0 Å². The summed E-state index contributed by atoms with van der Waals surface area (Å²) in [5, 5.41) is 24.3. The molecule has 0 saturated heterocycles. The molecule has 224 valence electrons. The largest absolute Gasteiger partial charge is 0.744 e. The van der Waals surface area contributed by atoms with Crippen LogP contribution in [0.25, 0.3) is 32.3 Å². The number of carboxylic acid groups (broad SMARTS) is 1. The van der Waals surface area contributed by atoms with Crippen molar-refractivity contribution in [1.82, 2.24) is 10.0 Å². The molecule has 0 aliphatic carbocycles. The summed E-state index contributed by atoms with van der Waals surface area (Å²) in [5.74, 6) is -1.76. The quantitative estimate of drug-likeness (QED) is 0.0242. The van der Waals surface area contributed by atoms with Gasteiger partial charge >= 0.3 is 5.97 Å². The van der Waals surface area contributed by atoms with E-state index in [1.807, 2.05) is 0 Å². The van der Waals surface area contributed by atoms with Gasteiger partial charge in [0, 0.05) is 56.3 Å². The third-order valence-corrected chi connectivity index (χ3v) is 9.66. The maximum Gasteiger partial charge on any atom is 0.321 e. The minimum Gasteiger partial charge on any atom is -0.744 e. The molecule has 1 amide bonds. The first-order chi connectivity index (χ1) is 19.7. The van der Waals surface area contributed by atoms with Gasteiger partial charge in [0.05, 0.1) is 9.79 Å². The first kappa shape index (κ1) is 31.4. The Morgan fingerprint density at radius 1 is 1.02 bits per heavy atom. The number of carbonyl (C=O) groups excluding carboxylic acids is 1. The Balaban J connectivity index is 1.79. The van der Waals surface area contributed by atoms with E-state index in [1.54, 1.807) is 6.92 Å². The van der Waals surface area contributed by atoms with Crippen LogP contribution in [-0.4, -0.2) is 51.0 Å². The second-order valence-electron chi connectivity index (χ2n) is 9.56. The van der Waals surface area contributed by atoms with Gasteiger partial charge in [0.2, 0.25) is 15.9 Å². The van der Waals surface area contributed by atoms with Crippen molar-refractivity contribution >= 4 is 82.1 Å². The zero-order valence-corrected chi connectivity index (χ0v) is 24.5. The lowest BCUT2D eigenvalue weighted by Gasteiger charge is -2.21. The summed E-state index contributed by atoms with van der Waals surface area (Å²) in [6, 6.07) is 6.33. The van der Waals surface area contributed by atoms with Crippen LogP contribution in [0.4, 0.5) is 5.69 Å². The molecule has 0 fully saturated rings. The van der Waals surface area contributed by atoms with E-state index >= 15 is 0 Å². The predicted molar refractivity (Wildman–Crippen MR) is 153 cm³/mol. The van der Waals surface area contributed by atoms with Crippen molar-refractivity contribution < 1.29 is 45.7 Å². The molecule has 0 bridgehead atoms. The molecule has 16 heteroatoms. The van der Waals surface area contributed by atoms with E-state index in [0.29, 0.717) is 22.8 Å². The van der Waals surface area contributed by atoms with Crippen LogP contribution in [0.2, 0.25) is 0 Å². The number of benzene rings is 4. The summed E-state index contributed by atoms with van der Waals surface area (Å²) in [6.45, 7) is 5.31. The van der Waals surface area contributed by atoms with E-state index in [2.05, 4.69) is 21.0 Å². The van der Waals surface area contributed by atoms with Gasteiger partial charge in [-0.2, -0.15) is 4.72 Å². The summed E-state index contributed by atoms with van der Waals surface area (Å²) in [6.07, 6.45) is 0.569. The van der Waals surface area contributed by atoms with Gasteiger partial charge in [-0.05, 0) is 49.1 Å². The van der Waals surface area contributed by atoms with E-state index in [0.717, 1.165) is 12.1 Å². The molecular weight excluding hydrogens is 610 g/mol. The lowest BCUT2D eigenvalue weighted by molar-refractivity contribution is -0.630. The van der Waals surface area contributed by atoms with Crippen molar-refractivity contribution in [3.8, 4) is 0 Å². The van der Waals surface area contributed by atoms with Gasteiger partial charge in [0.25, 0.3) is 0 Å². The van der Waals surface area contributed by atoms with Crippen LogP contribution in [0, 0.1) is 0 Å². The molecule has 5 N–H and O–H groups in total. The van der Waals surface area contributed by atoms with Gasteiger partial charge in [-0.3, -0.25) is 9.59 Å². The number of hydrogen-bond donors (Lipinski definition) is 4. The Labute approximate surface area is 245 Å². The fourth-order valence-corrected chi connectivity index (χ4v) is 7.51. The molecule has 4 aromatic rings. The molecule has 1 unspecified atom stereocenters. The van der Waals surface area contributed by atoms with E-state index in [9.17, 15) is 41.3 Å². The fourth-order valence-electron chi connectivity index (χ4n) is 4.77. The molecule has 1 atom stereocenters. The average molecular weight is 636 g/mol. The average Bonchev–Trinajstić information content (AvgIpc) is 2.91. The summed E-state index contributed by atoms with van der Waals surface area (Å²) in [5.41, 5.74) is 6.53. The van der Waals surface area contributed by atoms with Crippen LogP contribution in [0.3, 0.4) is 0 Å². The Kier molecular flexibility index (Phi) is 8.98. The number of amides is 1. The van der Waals surface area contributed by atoms with Crippen molar-refractivity contribution in [2.75, 3.05) is 12.3 Å². The van der Waals surface area contributed by atoms with Crippen LogP contribution in [0.1, 0.15) is 26.2 Å². The summed E-state index contributed by atoms with van der Waals surface area (Å²) in [7, 11) is -9.57. The van der Waals surface area contributed by atoms with Gasteiger partial charge < -0.3 is 30.3 Å². The monoisotopic (exact) mass is 635 g/mol. The Morgan fingerprint density at radius 3 is 2.21 bits per heavy atom. The molecule has 0 saturated carbocycles. The number of unbranched alkanes of at least 4 members (excludes halogenated alkanes) is 1. The van der Waals surface area contributed by atoms with Gasteiger partial charge in [-0.1, -0.05) is 30.8 Å². The summed E-state index contributed by atoms with van der Waals surface area (Å²) < 4.78 is 69.6. The Bertz CT molecular complexity index is 1940. The van der Waals surface area contributed by atoms with Crippen LogP contribution in [-0.2, 0) is 34.1 Å². The highest BCUT2D eigenvalue weighted by Gasteiger charge is 2.29. The third-order valence-electron chi connectivity index (χ3n) is 6.69. The topological polar surface area (TPSA) is 228 Å². The maximum absolute atomic E-state index is 13.6. The molecule has 0 spiro atoms. The number of nitrogens with two attached hydrogens (primary N) is 1. The van der Waals surface area contributed by atoms with Crippen LogP contribution >= 0.6 is 12.0 Å².